The van der Waals surface area contributed by atoms with E-state index in [0.717, 1.165) is 49.4 Å². The Morgan fingerprint density at radius 2 is 1.59 bits per heavy atom. The number of carbonyl (C=O) groups is 1. The molecule has 0 unspecified atom stereocenters. The molecule has 1 heterocycles. The summed E-state index contributed by atoms with van der Waals surface area (Å²) in [6.45, 7) is 6.82. The molecular weight excluding hydrogens is 272 g/mol. The van der Waals surface area contributed by atoms with E-state index in [1.807, 2.05) is 41.3 Å². The van der Waals surface area contributed by atoms with Crippen LogP contribution in [-0.4, -0.2) is 48.4 Å². The maximum atomic E-state index is 12.7. The summed E-state index contributed by atoms with van der Waals surface area (Å²) in [6.07, 6.45) is 0. The molecule has 0 atom stereocenters. The van der Waals surface area contributed by atoms with Crippen molar-refractivity contribution in [2.75, 3.05) is 32.7 Å². The highest BCUT2D eigenvalue weighted by atomic mass is 16.2. The van der Waals surface area contributed by atoms with Gasteiger partial charge in [0.2, 0.25) is 0 Å². The van der Waals surface area contributed by atoms with Crippen LogP contribution in [-0.2, 0) is 0 Å². The molecule has 3 nitrogen and oxygen atoms in total. The zero-order valence-electron chi connectivity index (χ0n) is 13.0. The van der Waals surface area contributed by atoms with Gasteiger partial charge >= 0.3 is 0 Å². The lowest BCUT2D eigenvalue weighted by Gasteiger charge is -2.34. The Hall–Kier alpha value is -2.13. The minimum atomic E-state index is 0.147. The molecule has 0 N–H and O–H groups in total. The summed E-state index contributed by atoms with van der Waals surface area (Å²) in [7, 11) is 0. The first-order chi connectivity index (χ1) is 10.8. The van der Waals surface area contributed by atoms with Crippen LogP contribution in [0.2, 0.25) is 0 Å². The van der Waals surface area contributed by atoms with Gasteiger partial charge in [0.25, 0.3) is 5.91 Å². The minimum Gasteiger partial charge on any atom is -0.336 e. The van der Waals surface area contributed by atoms with Crippen molar-refractivity contribution in [2.24, 2.45) is 0 Å². The van der Waals surface area contributed by atoms with Gasteiger partial charge < -0.3 is 9.80 Å². The van der Waals surface area contributed by atoms with Gasteiger partial charge in [0.1, 0.15) is 0 Å². The van der Waals surface area contributed by atoms with E-state index in [1.54, 1.807) is 0 Å². The van der Waals surface area contributed by atoms with Gasteiger partial charge in [-0.05, 0) is 29.8 Å². The molecule has 0 radical (unpaired) electrons. The normalized spacial score (nSPS) is 15.8. The van der Waals surface area contributed by atoms with Crippen LogP contribution in [0.5, 0.6) is 0 Å². The van der Waals surface area contributed by atoms with Gasteiger partial charge in [-0.25, -0.2) is 0 Å². The SMILES string of the molecule is CCN1CCN(C(=O)c2cccc(-c3ccccc3)c2)CC1. The highest BCUT2D eigenvalue weighted by molar-refractivity contribution is 5.95. The summed E-state index contributed by atoms with van der Waals surface area (Å²) >= 11 is 0. The van der Waals surface area contributed by atoms with E-state index in [4.69, 9.17) is 0 Å². The van der Waals surface area contributed by atoms with Crippen LogP contribution in [0.3, 0.4) is 0 Å². The molecule has 0 spiro atoms. The molecule has 22 heavy (non-hydrogen) atoms. The monoisotopic (exact) mass is 294 g/mol. The highest BCUT2D eigenvalue weighted by Gasteiger charge is 2.21. The molecule has 3 rings (SSSR count). The molecule has 1 saturated heterocycles. The van der Waals surface area contributed by atoms with Gasteiger partial charge in [0.15, 0.2) is 0 Å². The Morgan fingerprint density at radius 1 is 0.909 bits per heavy atom. The summed E-state index contributed by atoms with van der Waals surface area (Å²) in [5, 5.41) is 0. The number of hydrogen-bond donors (Lipinski definition) is 0. The zero-order valence-corrected chi connectivity index (χ0v) is 13.0. The number of hydrogen-bond acceptors (Lipinski definition) is 2. The van der Waals surface area contributed by atoms with Crippen molar-refractivity contribution in [3.63, 3.8) is 0 Å². The molecule has 1 amide bonds. The summed E-state index contributed by atoms with van der Waals surface area (Å²) in [5.74, 6) is 0.147. The van der Waals surface area contributed by atoms with Crippen LogP contribution >= 0.6 is 0 Å². The van der Waals surface area contributed by atoms with Crippen molar-refractivity contribution in [2.45, 2.75) is 6.92 Å². The van der Waals surface area contributed by atoms with Crippen LogP contribution in [0.25, 0.3) is 11.1 Å². The second-order valence-electron chi connectivity index (χ2n) is 5.67. The van der Waals surface area contributed by atoms with E-state index in [9.17, 15) is 4.79 Å². The molecule has 2 aromatic rings. The fraction of sp³-hybridized carbons (Fsp3) is 0.316. The van der Waals surface area contributed by atoms with Crippen LogP contribution in [0.15, 0.2) is 54.6 Å². The van der Waals surface area contributed by atoms with Gasteiger partial charge in [-0.1, -0.05) is 49.4 Å². The first-order valence-electron chi connectivity index (χ1n) is 7.95. The fourth-order valence-electron chi connectivity index (χ4n) is 2.91. The number of nitrogens with zero attached hydrogens (tertiary/aromatic N) is 2. The molecule has 0 saturated carbocycles. The third-order valence-electron chi connectivity index (χ3n) is 4.32. The van der Waals surface area contributed by atoms with Gasteiger partial charge in [-0.3, -0.25) is 4.79 Å². The predicted molar refractivity (Wildman–Crippen MR) is 89.9 cm³/mol. The topological polar surface area (TPSA) is 23.6 Å². The van der Waals surface area contributed by atoms with Gasteiger partial charge in [-0.15, -0.1) is 0 Å². The van der Waals surface area contributed by atoms with Gasteiger partial charge in [0.05, 0.1) is 0 Å². The summed E-state index contributed by atoms with van der Waals surface area (Å²) in [6, 6.07) is 18.1. The average molecular weight is 294 g/mol. The van der Waals surface area contributed by atoms with Crippen LogP contribution in [0.1, 0.15) is 17.3 Å². The first kappa shape index (κ1) is 14.8. The first-order valence-corrected chi connectivity index (χ1v) is 7.95. The van der Waals surface area contributed by atoms with Crippen molar-refractivity contribution >= 4 is 5.91 Å². The minimum absolute atomic E-state index is 0.147. The third-order valence-corrected chi connectivity index (χ3v) is 4.32. The molecule has 1 aliphatic heterocycles. The largest absolute Gasteiger partial charge is 0.336 e. The lowest BCUT2D eigenvalue weighted by atomic mass is 10.0. The third kappa shape index (κ3) is 3.20. The highest BCUT2D eigenvalue weighted by Crippen LogP contribution is 2.21. The Morgan fingerprint density at radius 3 is 2.27 bits per heavy atom. The van der Waals surface area contributed by atoms with Gasteiger partial charge in [-0.2, -0.15) is 0 Å². The van der Waals surface area contributed by atoms with E-state index in [0.29, 0.717) is 0 Å². The molecule has 114 valence electrons. The Kier molecular flexibility index (Phi) is 4.54. The van der Waals surface area contributed by atoms with E-state index in [2.05, 4.69) is 30.0 Å². The molecule has 3 heteroatoms. The molecule has 2 aromatic carbocycles. The van der Waals surface area contributed by atoms with Crippen molar-refractivity contribution < 1.29 is 4.79 Å². The van der Waals surface area contributed by atoms with Crippen LogP contribution < -0.4 is 0 Å². The second kappa shape index (κ2) is 6.75. The maximum absolute atomic E-state index is 12.7. The van der Waals surface area contributed by atoms with Gasteiger partial charge in [0, 0.05) is 31.7 Å². The van der Waals surface area contributed by atoms with Crippen molar-refractivity contribution in [3.8, 4) is 11.1 Å². The van der Waals surface area contributed by atoms with Crippen LogP contribution in [0, 0.1) is 0 Å². The summed E-state index contributed by atoms with van der Waals surface area (Å²) in [5.41, 5.74) is 3.03. The number of rotatable bonds is 3. The van der Waals surface area contributed by atoms with Crippen molar-refractivity contribution in [1.29, 1.82) is 0 Å². The number of amides is 1. The van der Waals surface area contributed by atoms with Crippen molar-refractivity contribution in [1.82, 2.24) is 9.80 Å². The number of likely N-dealkylation sites (N-methyl/N-ethyl adjacent to an activating group) is 1. The Labute approximate surface area is 132 Å². The van der Waals surface area contributed by atoms with Crippen LogP contribution in [0.4, 0.5) is 0 Å². The maximum Gasteiger partial charge on any atom is 0.253 e. The molecular formula is C19H22N2O. The van der Waals surface area contributed by atoms with E-state index < -0.39 is 0 Å². The van der Waals surface area contributed by atoms with E-state index in [1.165, 1.54) is 0 Å². The summed E-state index contributed by atoms with van der Waals surface area (Å²) in [4.78, 5) is 17.0. The lowest BCUT2D eigenvalue weighted by molar-refractivity contribution is 0.0643. The Balaban J connectivity index is 1.76. The standard InChI is InChI=1S/C19H22N2O/c1-2-20-11-13-21(14-12-20)19(22)18-10-6-9-17(15-18)16-7-4-3-5-8-16/h3-10,15H,2,11-14H2,1H3. The fourth-order valence-corrected chi connectivity index (χ4v) is 2.91. The average Bonchev–Trinajstić information content (AvgIpc) is 2.62. The number of benzene rings is 2. The molecule has 0 aromatic heterocycles. The quantitative estimate of drug-likeness (QED) is 0.868. The smallest absolute Gasteiger partial charge is 0.253 e. The molecule has 1 fully saturated rings. The molecule has 0 bridgehead atoms. The number of piperazine rings is 1. The molecule has 0 aliphatic carbocycles. The number of carbonyl (C=O) groups excluding carboxylic acids is 1. The second-order valence-corrected chi connectivity index (χ2v) is 5.67. The van der Waals surface area contributed by atoms with Crippen molar-refractivity contribution in [3.05, 3.63) is 60.2 Å². The molecule has 1 aliphatic rings. The predicted octanol–water partition coefficient (Wildman–Crippen LogP) is 3.13. The Bertz CT molecular complexity index is 631. The zero-order chi connectivity index (χ0) is 15.4. The van der Waals surface area contributed by atoms with E-state index in [-0.39, 0.29) is 5.91 Å². The lowest BCUT2D eigenvalue weighted by Crippen LogP contribution is -2.48. The summed E-state index contributed by atoms with van der Waals surface area (Å²) < 4.78 is 0. The van der Waals surface area contributed by atoms with E-state index >= 15 is 0 Å².